The number of aromatic nitrogens is 4. The van der Waals surface area contributed by atoms with E-state index in [-0.39, 0.29) is 11.2 Å². The van der Waals surface area contributed by atoms with Crippen molar-refractivity contribution in [3.05, 3.63) is 65.2 Å². The van der Waals surface area contributed by atoms with Gasteiger partial charge in [-0.2, -0.15) is 4.68 Å². The Balaban J connectivity index is 1.71. The number of hydrogen-bond donors (Lipinski definition) is 0. The quantitative estimate of drug-likeness (QED) is 0.618. The minimum Gasteiger partial charge on any atom is -0.341 e. The molecule has 1 saturated heterocycles. The highest BCUT2D eigenvalue weighted by Gasteiger charge is 2.30. The van der Waals surface area contributed by atoms with E-state index in [9.17, 15) is 4.79 Å². The first-order valence-electron chi connectivity index (χ1n) is 9.50. The summed E-state index contributed by atoms with van der Waals surface area (Å²) in [7, 11) is 0. The van der Waals surface area contributed by atoms with Gasteiger partial charge in [-0.1, -0.05) is 60.3 Å². The summed E-state index contributed by atoms with van der Waals surface area (Å²) in [6.45, 7) is 5.74. The Hall–Kier alpha value is -2.67. The first-order chi connectivity index (χ1) is 13.6. The Morgan fingerprint density at radius 3 is 2.36 bits per heavy atom. The Bertz CT molecular complexity index is 946. The van der Waals surface area contributed by atoms with E-state index < -0.39 is 0 Å². The first kappa shape index (κ1) is 18.7. The fourth-order valence-electron chi connectivity index (χ4n) is 3.63. The molecular formula is C21H23N5OS. The Labute approximate surface area is 168 Å². The normalized spacial score (nSPS) is 15.0. The van der Waals surface area contributed by atoms with Crippen molar-refractivity contribution < 1.29 is 4.79 Å². The lowest BCUT2D eigenvalue weighted by Crippen LogP contribution is -2.31. The zero-order valence-electron chi connectivity index (χ0n) is 16.1. The van der Waals surface area contributed by atoms with Crippen molar-refractivity contribution in [3.8, 4) is 5.69 Å². The molecule has 0 unspecified atom stereocenters. The van der Waals surface area contributed by atoms with Gasteiger partial charge in [0.25, 0.3) is 0 Å². The van der Waals surface area contributed by atoms with Gasteiger partial charge in [0.15, 0.2) is 0 Å². The highest BCUT2D eigenvalue weighted by Crippen LogP contribution is 2.37. The maximum Gasteiger partial charge on any atom is 0.240 e. The molecule has 0 N–H and O–H groups in total. The highest BCUT2D eigenvalue weighted by molar-refractivity contribution is 8.00. The number of likely N-dealkylation sites (tertiary alicyclic amines) is 1. The summed E-state index contributed by atoms with van der Waals surface area (Å²) in [6.07, 6.45) is 2.14. The molecule has 0 bridgehead atoms. The molecule has 7 heteroatoms. The minimum atomic E-state index is -0.367. The van der Waals surface area contributed by atoms with E-state index in [0.29, 0.717) is 5.16 Å². The molecule has 144 valence electrons. The van der Waals surface area contributed by atoms with Crippen molar-refractivity contribution in [2.75, 3.05) is 13.1 Å². The van der Waals surface area contributed by atoms with Gasteiger partial charge in [0.2, 0.25) is 11.1 Å². The standard InChI is InChI=1S/C21H23N5OS/c1-15-9-8-10-16(2)18(15)26-21(22-23-24-26)28-19(17-11-4-3-5-12-17)20(27)25-13-6-7-14-25/h3-5,8-12,19H,6-7,13-14H2,1-2H3/t19-/m1/s1. The Kier molecular flexibility index (Phi) is 5.43. The molecule has 0 saturated carbocycles. The number of benzene rings is 2. The number of thioether (sulfide) groups is 1. The van der Waals surface area contributed by atoms with Gasteiger partial charge in [-0.15, -0.1) is 5.10 Å². The third-order valence-electron chi connectivity index (χ3n) is 5.06. The van der Waals surface area contributed by atoms with Crippen LogP contribution in [0.2, 0.25) is 0 Å². The van der Waals surface area contributed by atoms with Crippen LogP contribution < -0.4 is 0 Å². The number of carbonyl (C=O) groups is 1. The molecule has 3 aromatic rings. The van der Waals surface area contributed by atoms with Crippen molar-refractivity contribution in [2.24, 2.45) is 0 Å². The Morgan fingerprint density at radius 2 is 1.68 bits per heavy atom. The maximum atomic E-state index is 13.3. The number of amides is 1. The molecule has 1 aliphatic heterocycles. The molecule has 6 nitrogen and oxygen atoms in total. The van der Waals surface area contributed by atoms with Gasteiger partial charge in [0, 0.05) is 13.1 Å². The number of para-hydroxylation sites is 1. The fourth-order valence-corrected chi connectivity index (χ4v) is 4.70. The third kappa shape index (κ3) is 3.67. The fraction of sp³-hybridized carbons (Fsp3) is 0.333. The third-order valence-corrected chi connectivity index (χ3v) is 6.23. The number of nitrogens with zero attached hydrogens (tertiary/aromatic N) is 5. The van der Waals surface area contributed by atoms with Gasteiger partial charge in [0.1, 0.15) is 5.25 Å². The molecule has 2 heterocycles. The van der Waals surface area contributed by atoms with Gasteiger partial charge >= 0.3 is 0 Å². The van der Waals surface area contributed by atoms with Crippen LogP contribution in [0.5, 0.6) is 0 Å². The smallest absolute Gasteiger partial charge is 0.240 e. The van der Waals surface area contributed by atoms with Crippen LogP contribution in [0, 0.1) is 13.8 Å². The van der Waals surface area contributed by atoms with E-state index in [2.05, 4.69) is 15.5 Å². The molecule has 28 heavy (non-hydrogen) atoms. The van der Waals surface area contributed by atoms with Crippen LogP contribution in [0.15, 0.2) is 53.7 Å². The summed E-state index contributed by atoms with van der Waals surface area (Å²) >= 11 is 1.42. The van der Waals surface area contributed by atoms with Crippen molar-refractivity contribution in [3.63, 3.8) is 0 Å². The van der Waals surface area contributed by atoms with E-state index in [1.54, 1.807) is 4.68 Å². The van der Waals surface area contributed by atoms with Crippen LogP contribution in [-0.2, 0) is 4.79 Å². The largest absolute Gasteiger partial charge is 0.341 e. The van der Waals surface area contributed by atoms with E-state index in [1.807, 2.05) is 67.3 Å². The van der Waals surface area contributed by atoms with E-state index in [0.717, 1.165) is 48.3 Å². The summed E-state index contributed by atoms with van der Waals surface area (Å²) in [5.74, 6) is 0.129. The number of tetrazole rings is 1. The minimum absolute atomic E-state index is 0.129. The summed E-state index contributed by atoms with van der Waals surface area (Å²) in [5.41, 5.74) is 4.13. The average molecular weight is 394 g/mol. The first-order valence-corrected chi connectivity index (χ1v) is 10.4. The summed E-state index contributed by atoms with van der Waals surface area (Å²) in [4.78, 5) is 15.2. The molecule has 1 aromatic heterocycles. The van der Waals surface area contributed by atoms with E-state index in [1.165, 1.54) is 11.8 Å². The van der Waals surface area contributed by atoms with Crippen LogP contribution in [-0.4, -0.2) is 44.1 Å². The van der Waals surface area contributed by atoms with Gasteiger partial charge in [-0.3, -0.25) is 4.79 Å². The SMILES string of the molecule is Cc1cccc(C)c1-n1nnnc1S[C@@H](C(=O)N1CCCC1)c1ccccc1. The van der Waals surface area contributed by atoms with Gasteiger partial charge in [-0.05, 0) is 53.8 Å². The lowest BCUT2D eigenvalue weighted by molar-refractivity contribution is -0.129. The zero-order chi connectivity index (χ0) is 19.5. The summed E-state index contributed by atoms with van der Waals surface area (Å²) in [6, 6.07) is 16.0. The second-order valence-corrected chi connectivity index (χ2v) is 8.13. The molecule has 0 spiro atoms. The average Bonchev–Trinajstić information content (AvgIpc) is 3.39. The molecule has 4 rings (SSSR count). The van der Waals surface area contributed by atoms with Crippen molar-refractivity contribution in [1.29, 1.82) is 0 Å². The molecule has 0 aliphatic carbocycles. The predicted octanol–water partition coefficient (Wildman–Crippen LogP) is 3.73. The Morgan fingerprint density at radius 1 is 1.00 bits per heavy atom. The lowest BCUT2D eigenvalue weighted by atomic mass is 10.1. The molecule has 0 radical (unpaired) electrons. The highest BCUT2D eigenvalue weighted by atomic mass is 32.2. The predicted molar refractivity (Wildman–Crippen MR) is 109 cm³/mol. The summed E-state index contributed by atoms with van der Waals surface area (Å²) in [5, 5.41) is 12.6. The summed E-state index contributed by atoms with van der Waals surface area (Å²) < 4.78 is 1.75. The number of rotatable bonds is 5. The second-order valence-electron chi connectivity index (χ2n) is 7.05. The topological polar surface area (TPSA) is 63.9 Å². The number of hydrogen-bond acceptors (Lipinski definition) is 5. The van der Waals surface area contributed by atoms with Crippen LogP contribution in [0.1, 0.15) is 34.8 Å². The molecule has 1 fully saturated rings. The molecular weight excluding hydrogens is 370 g/mol. The number of aryl methyl sites for hydroxylation is 2. The molecule has 2 aromatic carbocycles. The van der Waals surface area contributed by atoms with Crippen LogP contribution in [0.3, 0.4) is 0 Å². The van der Waals surface area contributed by atoms with Gasteiger partial charge in [-0.25, -0.2) is 0 Å². The van der Waals surface area contributed by atoms with Crippen LogP contribution in [0.4, 0.5) is 0 Å². The van der Waals surface area contributed by atoms with Crippen molar-refractivity contribution >= 4 is 17.7 Å². The molecule has 1 atom stereocenters. The van der Waals surface area contributed by atoms with E-state index >= 15 is 0 Å². The van der Waals surface area contributed by atoms with Gasteiger partial charge in [0.05, 0.1) is 5.69 Å². The molecule has 1 amide bonds. The van der Waals surface area contributed by atoms with Gasteiger partial charge < -0.3 is 4.90 Å². The van der Waals surface area contributed by atoms with E-state index in [4.69, 9.17) is 0 Å². The van der Waals surface area contributed by atoms with Crippen LogP contribution >= 0.6 is 11.8 Å². The van der Waals surface area contributed by atoms with Crippen molar-refractivity contribution in [1.82, 2.24) is 25.1 Å². The van der Waals surface area contributed by atoms with Crippen LogP contribution in [0.25, 0.3) is 5.69 Å². The van der Waals surface area contributed by atoms with Crippen molar-refractivity contribution in [2.45, 2.75) is 37.1 Å². The number of carbonyl (C=O) groups excluding carboxylic acids is 1. The molecule has 1 aliphatic rings. The maximum absolute atomic E-state index is 13.3. The lowest BCUT2D eigenvalue weighted by Gasteiger charge is -2.23. The monoisotopic (exact) mass is 393 g/mol. The second kappa shape index (κ2) is 8.14. The zero-order valence-corrected chi connectivity index (χ0v) is 16.9.